The molecule has 0 heterocycles. The van der Waals surface area contributed by atoms with E-state index in [1.807, 2.05) is 0 Å². The fraction of sp³-hybridized carbons (Fsp3) is 0. The van der Waals surface area contributed by atoms with Gasteiger partial charge in [-0.05, 0) is 6.16 Å². The van der Waals surface area contributed by atoms with Gasteiger partial charge in [0.15, 0.2) is 0 Å². The van der Waals surface area contributed by atoms with Crippen molar-refractivity contribution in [2.24, 2.45) is 0 Å². The van der Waals surface area contributed by atoms with E-state index in [1.165, 1.54) is 0 Å². The molecule has 0 rings (SSSR count). The van der Waals surface area contributed by atoms with Crippen molar-refractivity contribution in [3.8, 4) is 0 Å². The molecule has 1 radical (unpaired) electrons. The number of carbonyl (C=O) groups is 1. The van der Waals surface area contributed by atoms with Gasteiger partial charge >= 0.3 is 58.8 Å². The molecule has 4 nitrogen and oxygen atoms in total. The third-order valence-electron chi connectivity index (χ3n) is 0. The Balaban J connectivity index is -0.0000000150. The molecule has 0 bridgehead atoms. The maximum Gasteiger partial charge on any atom is 3.00 e. The van der Waals surface area contributed by atoms with Gasteiger partial charge < -0.3 is 20.5 Å². The predicted molar refractivity (Wildman–Crippen MR) is 14.8 cm³/mol. The van der Waals surface area contributed by atoms with Crippen LogP contribution < -0.4 is 10.2 Å². The van der Waals surface area contributed by atoms with E-state index in [1.54, 1.807) is 0 Å². The molecule has 0 aromatic rings. The number of hydrogen-bond acceptors (Lipinski definition) is 3. The van der Waals surface area contributed by atoms with Crippen LogP contribution in [0.3, 0.4) is 0 Å². The molecule has 0 saturated heterocycles. The monoisotopic (exact) mass is 216 g/mol. The zero-order chi connectivity index (χ0) is 3.58. The quantitative estimate of drug-likeness (QED) is 0.389. The van der Waals surface area contributed by atoms with Crippen LogP contribution in [0, 0.1) is 0 Å². The summed E-state index contributed by atoms with van der Waals surface area (Å²) in [6.07, 6.45) is -2.33. The Bertz CT molecular complexity index is 34.7. The molecule has 0 spiro atoms. The number of carboxylic acid groups (broad SMARTS) is 2. The van der Waals surface area contributed by atoms with Crippen LogP contribution in [0.15, 0.2) is 0 Å². The average Bonchev–Trinajstić information content (AvgIpc) is 0.811. The molecule has 0 saturated carbocycles. The summed E-state index contributed by atoms with van der Waals surface area (Å²) in [6, 6.07) is 0. The SMILES string of the molecule is O.O=C([O-])[O-].[Ca+2].[Mo+3]. The van der Waals surface area contributed by atoms with Gasteiger partial charge in [-0.15, -0.1) is 0 Å². The molecule has 0 aliphatic heterocycles. The minimum atomic E-state index is -2.33. The maximum atomic E-state index is 8.33. The van der Waals surface area contributed by atoms with E-state index in [9.17, 15) is 0 Å². The molecular weight excluding hydrogens is 212 g/mol. The van der Waals surface area contributed by atoms with Gasteiger partial charge in [-0.3, -0.25) is 0 Å². The third-order valence-corrected chi connectivity index (χ3v) is 0. The van der Waals surface area contributed by atoms with E-state index >= 15 is 0 Å². The summed E-state index contributed by atoms with van der Waals surface area (Å²) in [5, 5.41) is 16.7. The number of rotatable bonds is 0. The zero-order valence-corrected chi connectivity index (χ0v) is 7.56. The van der Waals surface area contributed by atoms with Gasteiger partial charge in [-0.2, -0.15) is 0 Å². The first-order valence-electron chi connectivity index (χ1n) is 0.612. The molecule has 0 aliphatic carbocycles. The van der Waals surface area contributed by atoms with E-state index in [4.69, 9.17) is 15.0 Å². The van der Waals surface area contributed by atoms with Crippen molar-refractivity contribution < 1.29 is 41.5 Å². The Kier molecular flexibility index (Phi) is 54.1. The van der Waals surface area contributed by atoms with Gasteiger partial charge in [0.05, 0.1) is 0 Å². The third kappa shape index (κ3) is 139. The van der Waals surface area contributed by atoms with Crippen LogP contribution in [0.25, 0.3) is 0 Å². The summed E-state index contributed by atoms with van der Waals surface area (Å²) in [6.45, 7) is 0. The second-order valence-electron chi connectivity index (χ2n) is 0.250. The Morgan fingerprint density at radius 2 is 1.29 bits per heavy atom. The number of carbonyl (C=O) groups excluding carboxylic acids is 1. The molecule has 0 aromatic heterocycles. The smallest absolute Gasteiger partial charge is 0.652 e. The minimum absolute atomic E-state index is 0. The molecule has 35 valence electrons. The summed E-state index contributed by atoms with van der Waals surface area (Å²) in [5.41, 5.74) is 0. The molecular formula is CH2CaMoO4+3. The maximum absolute atomic E-state index is 8.33. The van der Waals surface area contributed by atoms with Gasteiger partial charge in [-0.25, -0.2) is 0 Å². The van der Waals surface area contributed by atoms with Gasteiger partial charge in [0.2, 0.25) is 0 Å². The van der Waals surface area contributed by atoms with E-state index in [-0.39, 0.29) is 64.3 Å². The van der Waals surface area contributed by atoms with Crippen molar-refractivity contribution >= 4 is 43.9 Å². The Labute approximate surface area is 84.5 Å². The normalized spacial score (nSPS) is 3.43. The van der Waals surface area contributed by atoms with Crippen molar-refractivity contribution in [1.29, 1.82) is 0 Å². The van der Waals surface area contributed by atoms with Gasteiger partial charge in [-0.1, -0.05) is 0 Å². The van der Waals surface area contributed by atoms with Crippen LogP contribution in [0.2, 0.25) is 0 Å². The van der Waals surface area contributed by atoms with Crippen LogP contribution in [0.4, 0.5) is 4.79 Å². The van der Waals surface area contributed by atoms with Crippen molar-refractivity contribution in [2.45, 2.75) is 0 Å². The Morgan fingerprint density at radius 3 is 1.29 bits per heavy atom. The standard InChI is InChI=1S/CH2O3.Ca.Mo.H2O/c2-1(3)4;;;/h(H2,2,3,4);;;1H2/q;+2;+3;/p-2. The van der Waals surface area contributed by atoms with Gasteiger partial charge in [0.1, 0.15) is 0 Å². The van der Waals surface area contributed by atoms with Gasteiger partial charge in [0, 0.05) is 0 Å². The van der Waals surface area contributed by atoms with Crippen molar-refractivity contribution in [2.75, 3.05) is 0 Å². The van der Waals surface area contributed by atoms with Crippen LogP contribution in [0.5, 0.6) is 0 Å². The first-order valence-corrected chi connectivity index (χ1v) is 0.612. The largest absolute Gasteiger partial charge is 3.00 e. The summed E-state index contributed by atoms with van der Waals surface area (Å²) in [4.78, 5) is 8.33. The first kappa shape index (κ1) is 24.1. The van der Waals surface area contributed by atoms with Gasteiger partial charge in [0.25, 0.3) is 0 Å². The van der Waals surface area contributed by atoms with Crippen LogP contribution in [-0.4, -0.2) is 49.4 Å². The van der Waals surface area contributed by atoms with Crippen molar-refractivity contribution in [3.63, 3.8) is 0 Å². The summed E-state index contributed by atoms with van der Waals surface area (Å²) < 4.78 is 0. The Hall–Kier alpha value is 1.18. The fourth-order valence-electron chi connectivity index (χ4n) is 0. The molecule has 7 heavy (non-hydrogen) atoms. The minimum Gasteiger partial charge on any atom is -0.652 e. The van der Waals surface area contributed by atoms with E-state index in [0.29, 0.717) is 0 Å². The second-order valence-corrected chi connectivity index (χ2v) is 0.250. The molecule has 0 aliphatic rings. The van der Waals surface area contributed by atoms with Crippen molar-refractivity contribution in [3.05, 3.63) is 0 Å². The van der Waals surface area contributed by atoms with E-state index < -0.39 is 6.16 Å². The van der Waals surface area contributed by atoms with E-state index in [2.05, 4.69) is 0 Å². The summed E-state index contributed by atoms with van der Waals surface area (Å²) >= 11 is 0. The zero-order valence-electron chi connectivity index (χ0n) is 3.34. The molecule has 0 unspecified atom stereocenters. The second kappa shape index (κ2) is 15.7. The predicted octanol–water partition coefficient (Wildman–Crippen LogP) is -3.65. The molecule has 2 N–H and O–H groups in total. The summed E-state index contributed by atoms with van der Waals surface area (Å²) in [7, 11) is 0. The fourth-order valence-corrected chi connectivity index (χ4v) is 0. The van der Waals surface area contributed by atoms with Crippen LogP contribution >= 0.6 is 0 Å². The topological polar surface area (TPSA) is 94.7 Å². The molecule has 0 fully saturated rings. The molecule has 0 aromatic carbocycles. The molecule has 6 heteroatoms. The number of hydrogen-bond donors (Lipinski definition) is 0. The van der Waals surface area contributed by atoms with Crippen molar-refractivity contribution in [1.82, 2.24) is 0 Å². The molecule has 0 atom stereocenters. The average molecular weight is 214 g/mol. The van der Waals surface area contributed by atoms with Crippen LogP contribution in [0.1, 0.15) is 0 Å². The molecule has 0 amide bonds. The Morgan fingerprint density at radius 1 is 1.29 bits per heavy atom. The summed E-state index contributed by atoms with van der Waals surface area (Å²) in [5.74, 6) is 0. The van der Waals surface area contributed by atoms with Crippen LogP contribution in [-0.2, 0) is 21.1 Å². The first-order chi connectivity index (χ1) is 1.73. The van der Waals surface area contributed by atoms with E-state index in [0.717, 1.165) is 0 Å².